The Kier molecular flexibility index (Phi) is 7.15. The fourth-order valence-corrected chi connectivity index (χ4v) is 5.33. The molecule has 1 saturated heterocycles. The Balaban J connectivity index is 1.44. The van der Waals surface area contributed by atoms with E-state index in [9.17, 15) is 4.79 Å². The molecule has 1 amide bonds. The molecule has 0 saturated carbocycles. The van der Waals surface area contributed by atoms with E-state index in [0.29, 0.717) is 31.9 Å². The summed E-state index contributed by atoms with van der Waals surface area (Å²) in [6.45, 7) is 7.67. The van der Waals surface area contributed by atoms with Crippen molar-refractivity contribution in [2.45, 2.75) is 39.2 Å². The molecular formula is C32H35FN2O3. The quantitative estimate of drug-likeness (QED) is 0.384. The standard InChI is InChI=1S/C32H35FN2O3/c1-32(2,3)38-31(36)35-18-16-34(17-19-35)29-15-11-24(21-28(29)33)30-26(22-8-6-5-7-9-22)13-10-23-20-25(37-4)12-14-27(23)30/h5-9,11-12,14-15,20-21H,10,13,16-19H2,1-4H3. The van der Waals surface area contributed by atoms with E-state index in [1.807, 2.05) is 62.1 Å². The summed E-state index contributed by atoms with van der Waals surface area (Å²) < 4.78 is 26.7. The van der Waals surface area contributed by atoms with Crippen LogP contribution in [0.2, 0.25) is 0 Å². The number of ether oxygens (including phenoxy) is 2. The van der Waals surface area contributed by atoms with Crippen LogP contribution in [-0.4, -0.2) is 49.9 Å². The number of carbonyl (C=O) groups is 1. The molecule has 3 aromatic carbocycles. The second kappa shape index (κ2) is 10.5. The highest BCUT2D eigenvalue weighted by molar-refractivity contribution is 6.01. The molecular weight excluding hydrogens is 479 g/mol. The molecule has 0 radical (unpaired) electrons. The number of hydrogen-bond donors (Lipinski definition) is 0. The minimum Gasteiger partial charge on any atom is -0.497 e. The van der Waals surface area contributed by atoms with Gasteiger partial charge in [-0.25, -0.2) is 9.18 Å². The maximum Gasteiger partial charge on any atom is 0.410 e. The summed E-state index contributed by atoms with van der Waals surface area (Å²) in [5.74, 6) is 0.576. The number of piperazine rings is 1. The summed E-state index contributed by atoms with van der Waals surface area (Å²) in [5, 5.41) is 0. The molecule has 198 valence electrons. The van der Waals surface area contributed by atoms with Gasteiger partial charge in [-0.2, -0.15) is 0 Å². The third-order valence-electron chi connectivity index (χ3n) is 7.16. The normalized spacial score (nSPS) is 15.8. The zero-order chi connectivity index (χ0) is 26.9. The average molecular weight is 515 g/mol. The van der Waals surface area contributed by atoms with Gasteiger partial charge >= 0.3 is 6.09 Å². The molecule has 0 N–H and O–H groups in total. The van der Waals surface area contributed by atoms with E-state index in [1.54, 1.807) is 18.1 Å². The van der Waals surface area contributed by atoms with Crippen molar-refractivity contribution in [1.82, 2.24) is 4.90 Å². The molecule has 1 fully saturated rings. The number of rotatable bonds is 4. The first-order chi connectivity index (χ1) is 18.2. The zero-order valence-corrected chi connectivity index (χ0v) is 22.6. The van der Waals surface area contributed by atoms with Gasteiger partial charge < -0.3 is 19.3 Å². The number of methoxy groups -OCH3 is 1. The van der Waals surface area contributed by atoms with Crippen LogP contribution in [0.1, 0.15) is 49.4 Å². The number of hydrogen-bond acceptors (Lipinski definition) is 4. The van der Waals surface area contributed by atoms with Crippen molar-refractivity contribution in [2.24, 2.45) is 0 Å². The Morgan fingerprint density at radius 3 is 2.26 bits per heavy atom. The first kappa shape index (κ1) is 25.8. The molecule has 5 nitrogen and oxygen atoms in total. The molecule has 0 spiro atoms. The largest absolute Gasteiger partial charge is 0.497 e. The number of halogens is 1. The second-order valence-corrected chi connectivity index (χ2v) is 10.9. The van der Waals surface area contributed by atoms with Gasteiger partial charge in [0.05, 0.1) is 12.8 Å². The van der Waals surface area contributed by atoms with Gasteiger partial charge in [0.15, 0.2) is 0 Å². The third kappa shape index (κ3) is 5.40. The predicted molar refractivity (Wildman–Crippen MR) is 150 cm³/mol. The van der Waals surface area contributed by atoms with Crippen molar-refractivity contribution in [3.05, 3.63) is 94.8 Å². The van der Waals surface area contributed by atoms with Crippen LogP contribution in [0.3, 0.4) is 0 Å². The minimum atomic E-state index is -0.535. The number of amides is 1. The Labute approximate surface area is 224 Å². The van der Waals surface area contributed by atoms with E-state index in [-0.39, 0.29) is 11.9 Å². The number of aryl methyl sites for hydroxylation is 1. The summed E-state index contributed by atoms with van der Waals surface area (Å²) in [6.07, 6.45) is 1.46. The molecule has 3 aromatic rings. The van der Waals surface area contributed by atoms with Crippen LogP contribution in [0.5, 0.6) is 5.75 Å². The lowest BCUT2D eigenvalue weighted by Crippen LogP contribution is -2.50. The highest BCUT2D eigenvalue weighted by Crippen LogP contribution is 2.42. The van der Waals surface area contributed by atoms with Gasteiger partial charge in [0.1, 0.15) is 17.2 Å². The van der Waals surface area contributed by atoms with E-state index in [2.05, 4.69) is 24.3 Å². The fourth-order valence-electron chi connectivity index (χ4n) is 5.33. The Bertz CT molecular complexity index is 1350. The average Bonchev–Trinajstić information content (AvgIpc) is 2.91. The number of benzene rings is 3. The van der Waals surface area contributed by atoms with Gasteiger partial charge in [0.25, 0.3) is 0 Å². The number of allylic oxidation sites excluding steroid dienone is 1. The highest BCUT2D eigenvalue weighted by Gasteiger charge is 2.28. The van der Waals surface area contributed by atoms with E-state index in [0.717, 1.165) is 40.9 Å². The summed E-state index contributed by atoms with van der Waals surface area (Å²) in [5.41, 5.74) is 6.67. The molecule has 1 aliphatic carbocycles. The molecule has 6 heteroatoms. The smallest absolute Gasteiger partial charge is 0.410 e. The second-order valence-electron chi connectivity index (χ2n) is 10.9. The summed E-state index contributed by atoms with van der Waals surface area (Å²) in [7, 11) is 1.68. The molecule has 0 atom stereocenters. The topological polar surface area (TPSA) is 42.0 Å². The van der Waals surface area contributed by atoms with Crippen molar-refractivity contribution >= 4 is 22.9 Å². The van der Waals surface area contributed by atoms with Gasteiger partial charge in [0, 0.05) is 26.2 Å². The molecule has 1 heterocycles. The Morgan fingerprint density at radius 1 is 0.868 bits per heavy atom. The van der Waals surface area contributed by atoms with Crippen molar-refractivity contribution in [1.29, 1.82) is 0 Å². The van der Waals surface area contributed by atoms with Crippen LogP contribution < -0.4 is 9.64 Å². The minimum absolute atomic E-state index is 0.256. The van der Waals surface area contributed by atoms with Gasteiger partial charge in [-0.1, -0.05) is 42.5 Å². The first-order valence-corrected chi connectivity index (χ1v) is 13.2. The fraction of sp³-hybridized carbons (Fsp3) is 0.344. The highest BCUT2D eigenvalue weighted by atomic mass is 19.1. The van der Waals surface area contributed by atoms with E-state index in [4.69, 9.17) is 9.47 Å². The molecule has 0 bridgehead atoms. The number of carbonyl (C=O) groups excluding carboxylic acids is 1. The van der Waals surface area contributed by atoms with Crippen molar-refractivity contribution in [3.8, 4) is 5.75 Å². The Hall–Kier alpha value is -3.80. The summed E-state index contributed by atoms with van der Waals surface area (Å²) in [4.78, 5) is 16.1. The van der Waals surface area contributed by atoms with Crippen LogP contribution in [0, 0.1) is 5.82 Å². The number of fused-ring (bicyclic) bond motifs is 1. The maximum absolute atomic E-state index is 15.7. The summed E-state index contributed by atoms with van der Waals surface area (Å²) >= 11 is 0. The van der Waals surface area contributed by atoms with Crippen LogP contribution in [0.15, 0.2) is 66.7 Å². The Morgan fingerprint density at radius 2 is 1.61 bits per heavy atom. The molecule has 0 unspecified atom stereocenters. The lowest BCUT2D eigenvalue weighted by molar-refractivity contribution is 0.0240. The molecule has 1 aliphatic heterocycles. The van der Waals surface area contributed by atoms with Gasteiger partial charge in [0.2, 0.25) is 0 Å². The number of anilines is 1. The van der Waals surface area contributed by atoms with Crippen LogP contribution in [-0.2, 0) is 11.2 Å². The van der Waals surface area contributed by atoms with Gasteiger partial charge in [-0.15, -0.1) is 0 Å². The van der Waals surface area contributed by atoms with Crippen molar-refractivity contribution in [3.63, 3.8) is 0 Å². The van der Waals surface area contributed by atoms with E-state index in [1.165, 1.54) is 11.1 Å². The van der Waals surface area contributed by atoms with Crippen LogP contribution in [0.25, 0.3) is 11.1 Å². The van der Waals surface area contributed by atoms with E-state index >= 15 is 4.39 Å². The van der Waals surface area contributed by atoms with Crippen molar-refractivity contribution < 1.29 is 18.7 Å². The lowest BCUT2D eigenvalue weighted by Gasteiger charge is -2.37. The monoisotopic (exact) mass is 514 g/mol. The van der Waals surface area contributed by atoms with Crippen molar-refractivity contribution in [2.75, 3.05) is 38.2 Å². The van der Waals surface area contributed by atoms with Crippen LogP contribution in [0.4, 0.5) is 14.9 Å². The lowest BCUT2D eigenvalue weighted by atomic mass is 9.79. The van der Waals surface area contributed by atoms with Crippen LogP contribution >= 0.6 is 0 Å². The SMILES string of the molecule is COc1ccc2c(c1)CCC(c1ccccc1)=C2c1ccc(N2CCN(C(=O)OC(C)(C)C)CC2)c(F)c1. The van der Waals surface area contributed by atoms with Gasteiger partial charge in [-0.3, -0.25) is 0 Å². The predicted octanol–water partition coefficient (Wildman–Crippen LogP) is 6.80. The molecule has 5 rings (SSSR count). The maximum atomic E-state index is 15.7. The third-order valence-corrected chi connectivity index (χ3v) is 7.16. The van der Waals surface area contributed by atoms with E-state index < -0.39 is 5.60 Å². The number of nitrogens with zero attached hydrogens (tertiary/aromatic N) is 2. The molecule has 2 aliphatic rings. The molecule has 0 aromatic heterocycles. The zero-order valence-electron chi connectivity index (χ0n) is 22.6. The first-order valence-electron chi connectivity index (χ1n) is 13.2. The molecule has 38 heavy (non-hydrogen) atoms. The van der Waals surface area contributed by atoms with Gasteiger partial charge in [-0.05, 0) is 91.3 Å². The summed E-state index contributed by atoms with van der Waals surface area (Å²) in [6, 6.07) is 22.1.